The zero-order valence-electron chi connectivity index (χ0n) is 26.0. The van der Waals surface area contributed by atoms with Crippen LogP contribution in [-0.4, -0.2) is 0 Å². The molecule has 0 amide bonds. The number of fused-ring (bicyclic) bond motifs is 3. The van der Waals surface area contributed by atoms with E-state index in [4.69, 9.17) is 0 Å². The predicted molar refractivity (Wildman–Crippen MR) is 167 cm³/mol. The molecule has 2 aromatic rings. The van der Waals surface area contributed by atoms with Crippen LogP contribution in [0.3, 0.4) is 0 Å². The summed E-state index contributed by atoms with van der Waals surface area (Å²) in [4.78, 5) is 0. The van der Waals surface area contributed by atoms with E-state index in [9.17, 15) is 0 Å². The van der Waals surface area contributed by atoms with E-state index in [0.717, 1.165) is 0 Å². The number of rotatable bonds is 16. The molecule has 0 radical (unpaired) electrons. The number of benzene rings is 2. The van der Waals surface area contributed by atoms with Gasteiger partial charge in [-0.1, -0.05) is 107 Å². The molecule has 37 heavy (non-hydrogen) atoms. The van der Waals surface area contributed by atoms with Crippen LogP contribution in [0.15, 0.2) is 0 Å². The number of hydrogen-bond donors (Lipinski definition) is 0. The molecule has 0 N–H and O–H groups in total. The third-order valence-electron chi connectivity index (χ3n) is 8.72. The molecule has 3 rings (SSSR count). The summed E-state index contributed by atoms with van der Waals surface area (Å²) in [6.45, 7) is 19.2. The van der Waals surface area contributed by atoms with Gasteiger partial charge in [0, 0.05) is 0 Å². The molecule has 206 valence electrons. The van der Waals surface area contributed by atoms with Gasteiger partial charge >= 0.3 is 0 Å². The summed E-state index contributed by atoms with van der Waals surface area (Å²) in [7, 11) is 0. The SMILES string of the molecule is CCCc1c(CCC)c(CCC)c2c(c1CCC)Cc1c(CCC)c(CCC)c(CCC)c(CCC)c1-2. The van der Waals surface area contributed by atoms with E-state index in [1.807, 2.05) is 0 Å². The van der Waals surface area contributed by atoms with Gasteiger partial charge in [-0.15, -0.1) is 0 Å². The molecule has 0 heterocycles. The summed E-state index contributed by atoms with van der Waals surface area (Å²) in [5.74, 6) is 0. The lowest BCUT2D eigenvalue weighted by molar-refractivity contribution is 0.795. The van der Waals surface area contributed by atoms with Gasteiger partial charge in [0.25, 0.3) is 0 Å². The van der Waals surface area contributed by atoms with Crippen molar-refractivity contribution in [2.75, 3.05) is 0 Å². The normalized spacial score (nSPS) is 12.3. The molecule has 2 aromatic carbocycles. The quantitative estimate of drug-likeness (QED) is 0.183. The third-order valence-corrected chi connectivity index (χ3v) is 8.72. The fourth-order valence-electron chi connectivity index (χ4n) is 7.59. The first kappa shape index (κ1) is 30.0. The highest BCUT2D eigenvalue weighted by Crippen LogP contribution is 2.50. The Bertz CT molecular complexity index is 952. The van der Waals surface area contributed by atoms with Crippen molar-refractivity contribution in [1.29, 1.82) is 0 Å². The second-order valence-corrected chi connectivity index (χ2v) is 11.7. The van der Waals surface area contributed by atoms with E-state index in [2.05, 4.69) is 55.4 Å². The van der Waals surface area contributed by atoms with Gasteiger partial charge in [0.15, 0.2) is 0 Å². The average molecular weight is 503 g/mol. The van der Waals surface area contributed by atoms with Crippen molar-refractivity contribution in [3.63, 3.8) is 0 Å². The molecule has 1 aliphatic rings. The highest BCUT2D eigenvalue weighted by Gasteiger charge is 2.34. The van der Waals surface area contributed by atoms with Crippen LogP contribution in [0.1, 0.15) is 162 Å². The zero-order chi connectivity index (χ0) is 26.9. The second-order valence-electron chi connectivity index (χ2n) is 11.7. The van der Waals surface area contributed by atoms with E-state index in [0.29, 0.717) is 0 Å². The fourth-order valence-corrected chi connectivity index (χ4v) is 7.59. The van der Waals surface area contributed by atoms with E-state index < -0.39 is 0 Å². The highest BCUT2D eigenvalue weighted by molar-refractivity contribution is 5.87. The molecule has 0 fully saturated rings. The Morgan fingerprint density at radius 2 is 0.514 bits per heavy atom. The lowest BCUT2D eigenvalue weighted by Crippen LogP contribution is -2.11. The molecule has 0 unspecified atom stereocenters. The van der Waals surface area contributed by atoms with Gasteiger partial charge in [0.1, 0.15) is 0 Å². The van der Waals surface area contributed by atoms with Crippen molar-refractivity contribution >= 4 is 0 Å². The third kappa shape index (κ3) is 5.89. The Morgan fingerprint density at radius 1 is 0.297 bits per heavy atom. The van der Waals surface area contributed by atoms with Crippen LogP contribution in [0.25, 0.3) is 11.1 Å². The minimum Gasteiger partial charge on any atom is -0.0651 e. The summed E-state index contributed by atoms with van der Waals surface area (Å²) < 4.78 is 0. The van der Waals surface area contributed by atoms with Gasteiger partial charge < -0.3 is 0 Å². The summed E-state index contributed by atoms with van der Waals surface area (Å²) in [6, 6.07) is 0. The Morgan fingerprint density at radius 3 is 0.784 bits per heavy atom. The molecular formula is C37H58. The first-order chi connectivity index (χ1) is 18.1. The first-order valence-electron chi connectivity index (χ1n) is 16.4. The van der Waals surface area contributed by atoms with Gasteiger partial charge in [-0.25, -0.2) is 0 Å². The number of hydrogen-bond acceptors (Lipinski definition) is 0. The van der Waals surface area contributed by atoms with Crippen molar-refractivity contribution in [2.24, 2.45) is 0 Å². The van der Waals surface area contributed by atoms with E-state index in [-0.39, 0.29) is 0 Å². The minimum atomic E-state index is 1.20. The van der Waals surface area contributed by atoms with Crippen LogP contribution < -0.4 is 0 Å². The Labute approximate surface area is 231 Å². The maximum Gasteiger partial charge on any atom is -0.000756 e. The first-order valence-corrected chi connectivity index (χ1v) is 16.4. The van der Waals surface area contributed by atoms with Crippen LogP contribution in [0.5, 0.6) is 0 Å². The molecule has 0 bridgehead atoms. The van der Waals surface area contributed by atoms with E-state index in [1.165, 1.54) is 109 Å². The molecular weight excluding hydrogens is 444 g/mol. The predicted octanol–water partition coefficient (Wildman–Crippen LogP) is 10.9. The monoisotopic (exact) mass is 502 g/mol. The molecule has 0 heteroatoms. The molecule has 0 atom stereocenters. The Kier molecular flexibility index (Phi) is 11.8. The molecule has 0 saturated heterocycles. The molecule has 0 spiro atoms. The van der Waals surface area contributed by atoms with Crippen molar-refractivity contribution in [1.82, 2.24) is 0 Å². The molecule has 0 saturated carbocycles. The molecule has 0 nitrogen and oxygen atoms in total. The summed E-state index contributed by atoms with van der Waals surface area (Å²) >= 11 is 0. The summed E-state index contributed by atoms with van der Waals surface area (Å²) in [5.41, 5.74) is 21.1. The summed E-state index contributed by atoms with van der Waals surface area (Å²) in [6.07, 6.45) is 21.3. The fraction of sp³-hybridized carbons (Fsp3) is 0.676. The van der Waals surface area contributed by atoms with Crippen LogP contribution in [0.2, 0.25) is 0 Å². The molecule has 0 aromatic heterocycles. The maximum atomic E-state index is 2.40. The topological polar surface area (TPSA) is 0 Å². The van der Waals surface area contributed by atoms with Crippen molar-refractivity contribution in [3.05, 3.63) is 55.6 Å². The second kappa shape index (κ2) is 14.6. The van der Waals surface area contributed by atoms with Crippen LogP contribution >= 0.6 is 0 Å². The highest BCUT2D eigenvalue weighted by atomic mass is 14.4. The van der Waals surface area contributed by atoms with Gasteiger partial charge in [0.05, 0.1) is 0 Å². The molecule has 0 aliphatic heterocycles. The lowest BCUT2D eigenvalue weighted by Gasteiger charge is -2.27. The lowest BCUT2D eigenvalue weighted by atomic mass is 9.78. The van der Waals surface area contributed by atoms with Crippen molar-refractivity contribution < 1.29 is 0 Å². The summed E-state index contributed by atoms with van der Waals surface area (Å²) in [5, 5.41) is 0. The van der Waals surface area contributed by atoms with Gasteiger partial charge in [-0.05, 0) is 125 Å². The largest absolute Gasteiger partial charge is 0.0651 e. The Balaban J connectivity index is 2.55. The average Bonchev–Trinajstić information content (AvgIpc) is 3.28. The van der Waals surface area contributed by atoms with Gasteiger partial charge in [-0.3, -0.25) is 0 Å². The minimum absolute atomic E-state index is 1.20. The van der Waals surface area contributed by atoms with Crippen molar-refractivity contribution in [3.8, 4) is 11.1 Å². The Hall–Kier alpha value is -1.56. The molecule has 1 aliphatic carbocycles. The smallest absolute Gasteiger partial charge is 0.000756 e. The van der Waals surface area contributed by atoms with Crippen LogP contribution in [-0.2, 0) is 57.8 Å². The van der Waals surface area contributed by atoms with Crippen molar-refractivity contribution in [2.45, 2.75) is 165 Å². The zero-order valence-corrected chi connectivity index (χ0v) is 26.0. The van der Waals surface area contributed by atoms with Gasteiger partial charge in [-0.2, -0.15) is 0 Å². The standard InChI is InChI=1S/C37H58/c1-9-17-26-28(19-11-3)32(23-15-7)36-34(30(26)21-13-5)25-35-31(22-14-6)27(18-10-2)29(20-12-4)33(24-16-8)37(35)36/h9-25H2,1-8H3. The van der Waals surface area contributed by atoms with E-state index in [1.54, 1.807) is 66.8 Å². The van der Waals surface area contributed by atoms with Crippen LogP contribution in [0.4, 0.5) is 0 Å². The van der Waals surface area contributed by atoms with Crippen LogP contribution in [0, 0.1) is 0 Å². The van der Waals surface area contributed by atoms with Gasteiger partial charge in [0.2, 0.25) is 0 Å². The van der Waals surface area contributed by atoms with E-state index >= 15 is 0 Å². The maximum absolute atomic E-state index is 2.40.